The molecule has 0 aliphatic carbocycles. The van der Waals surface area contributed by atoms with Crippen molar-refractivity contribution in [2.75, 3.05) is 25.6 Å². The molecule has 5 N–H and O–H groups in total. The average molecular weight is 470 g/mol. The van der Waals surface area contributed by atoms with E-state index in [4.69, 9.17) is 10.5 Å². The number of nitrogens with zero attached hydrogens (tertiary/aromatic N) is 5. The fourth-order valence-electron chi connectivity index (χ4n) is 4.24. The fourth-order valence-corrected chi connectivity index (χ4v) is 4.24. The number of ether oxygens (including phenoxy) is 1. The van der Waals surface area contributed by atoms with Gasteiger partial charge in [0.25, 0.3) is 0 Å². The molecule has 5 atom stereocenters. The average Bonchev–Trinajstić information content (AvgIpc) is 3.36. The number of aryl methyl sites for hydroxylation is 1. The summed E-state index contributed by atoms with van der Waals surface area (Å²) in [5.41, 5.74) is 9.43. The third kappa shape index (κ3) is 4.87. The number of imidazole rings is 1. The highest BCUT2D eigenvalue weighted by Crippen LogP contribution is 2.32. The van der Waals surface area contributed by atoms with Crippen LogP contribution >= 0.6 is 0 Å². The van der Waals surface area contributed by atoms with Gasteiger partial charge in [0, 0.05) is 26.6 Å². The summed E-state index contributed by atoms with van der Waals surface area (Å²) < 4.78 is 7.49. The highest BCUT2D eigenvalue weighted by atomic mass is 16.5. The lowest BCUT2D eigenvalue weighted by Gasteiger charge is -2.22. The van der Waals surface area contributed by atoms with Crippen LogP contribution in [-0.2, 0) is 16.0 Å². The Morgan fingerprint density at radius 3 is 2.68 bits per heavy atom. The monoisotopic (exact) mass is 469 g/mol. The second-order valence-corrected chi connectivity index (χ2v) is 8.90. The summed E-state index contributed by atoms with van der Waals surface area (Å²) in [6, 6.07) is 6.80. The first-order valence-corrected chi connectivity index (χ1v) is 11.2. The lowest BCUT2D eigenvalue weighted by Crippen LogP contribution is -2.49. The van der Waals surface area contributed by atoms with E-state index in [0.29, 0.717) is 23.4 Å². The Balaban J connectivity index is 1.45. The predicted octanol–water partition coefficient (Wildman–Crippen LogP) is -0.104. The molecule has 182 valence electrons. The minimum absolute atomic E-state index is 0.0767. The Labute approximate surface area is 197 Å². The first-order valence-electron chi connectivity index (χ1n) is 11.2. The molecule has 11 heteroatoms. The van der Waals surface area contributed by atoms with Gasteiger partial charge < -0.3 is 30.9 Å². The number of hydrogen-bond donors (Lipinski definition) is 4. The van der Waals surface area contributed by atoms with E-state index in [9.17, 15) is 15.0 Å². The number of aromatic nitrogens is 4. The van der Waals surface area contributed by atoms with Crippen molar-refractivity contribution >= 4 is 22.9 Å². The third-order valence-corrected chi connectivity index (χ3v) is 5.99. The zero-order valence-corrected chi connectivity index (χ0v) is 19.5. The molecule has 11 nitrogen and oxygen atoms in total. The van der Waals surface area contributed by atoms with Crippen LogP contribution in [0.5, 0.6) is 0 Å². The molecule has 3 aromatic rings. The summed E-state index contributed by atoms with van der Waals surface area (Å²) in [5, 5.41) is 23.7. The number of amides is 1. The molecule has 4 rings (SSSR count). The van der Waals surface area contributed by atoms with Gasteiger partial charge in [0.1, 0.15) is 18.5 Å². The number of benzene rings is 1. The van der Waals surface area contributed by atoms with Gasteiger partial charge in [-0.25, -0.2) is 15.0 Å². The molecule has 3 heterocycles. The molecular formula is C23H31N7O4. The van der Waals surface area contributed by atoms with E-state index in [1.54, 1.807) is 4.57 Å². The Hall–Kier alpha value is -3.12. The van der Waals surface area contributed by atoms with Crippen LogP contribution in [0.25, 0.3) is 11.2 Å². The molecule has 1 fully saturated rings. The summed E-state index contributed by atoms with van der Waals surface area (Å²) in [5.74, 6) is 0.307. The quantitative estimate of drug-likeness (QED) is 0.354. The van der Waals surface area contributed by atoms with Crippen molar-refractivity contribution in [2.24, 2.45) is 5.73 Å². The van der Waals surface area contributed by atoms with E-state index in [2.05, 4.69) is 20.3 Å². The number of fused-ring (bicyclic) bond motifs is 1. The van der Waals surface area contributed by atoms with Gasteiger partial charge in [-0.2, -0.15) is 0 Å². The van der Waals surface area contributed by atoms with Gasteiger partial charge in [-0.3, -0.25) is 9.36 Å². The van der Waals surface area contributed by atoms with E-state index in [0.717, 1.165) is 11.1 Å². The van der Waals surface area contributed by atoms with E-state index < -0.39 is 24.5 Å². The summed E-state index contributed by atoms with van der Waals surface area (Å²) in [6.45, 7) is 1.64. The number of nitrogens with two attached hydrogens (primary N) is 1. The van der Waals surface area contributed by atoms with Crippen LogP contribution in [0.2, 0.25) is 0 Å². The van der Waals surface area contributed by atoms with Crippen LogP contribution in [0.4, 0.5) is 5.82 Å². The van der Waals surface area contributed by atoms with E-state index in [-0.39, 0.29) is 25.0 Å². The van der Waals surface area contributed by atoms with Gasteiger partial charge in [-0.1, -0.05) is 29.8 Å². The second-order valence-electron chi connectivity index (χ2n) is 8.90. The van der Waals surface area contributed by atoms with Crippen molar-refractivity contribution in [3.63, 3.8) is 0 Å². The van der Waals surface area contributed by atoms with Crippen LogP contribution in [-0.4, -0.2) is 80.6 Å². The molecule has 0 spiro atoms. The molecule has 1 saturated heterocycles. The van der Waals surface area contributed by atoms with Gasteiger partial charge in [0.15, 0.2) is 23.2 Å². The van der Waals surface area contributed by atoms with Crippen molar-refractivity contribution in [1.82, 2.24) is 24.8 Å². The standard InChI is InChI=1S/C23H31N7O4/c1-13-4-6-14(7-5-13)8-15(24)9-17(32)28-18-16(10-31)34-23(20(18)33)30-12-27-19-21(29(2)3)25-11-26-22(19)30/h4-7,11-12,15-16,18,20,23,31,33H,8-10,24H2,1-3H3,(H,28,32)/t15?,16-,18?,20?,23+/m1/s1. The van der Waals surface area contributed by atoms with E-state index in [1.165, 1.54) is 12.7 Å². The predicted molar refractivity (Wildman–Crippen MR) is 126 cm³/mol. The number of nitrogens with one attached hydrogen (secondary N) is 1. The molecule has 1 aliphatic heterocycles. The highest BCUT2D eigenvalue weighted by Gasteiger charge is 2.45. The number of aliphatic hydroxyl groups excluding tert-OH is 2. The fraction of sp³-hybridized carbons (Fsp3) is 0.478. The van der Waals surface area contributed by atoms with E-state index in [1.807, 2.05) is 50.2 Å². The molecule has 1 aliphatic rings. The Morgan fingerprint density at radius 2 is 2.00 bits per heavy atom. The van der Waals surface area contributed by atoms with Crippen molar-refractivity contribution in [1.29, 1.82) is 0 Å². The first-order chi connectivity index (χ1) is 16.3. The van der Waals surface area contributed by atoms with Crippen LogP contribution in [0.1, 0.15) is 23.8 Å². The molecule has 3 unspecified atom stereocenters. The number of hydrogen-bond acceptors (Lipinski definition) is 9. The molecule has 0 saturated carbocycles. The summed E-state index contributed by atoms with van der Waals surface area (Å²) in [6.07, 6.45) is 0.727. The zero-order chi connectivity index (χ0) is 24.4. The summed E-state index contributed by atoms with van der Waals surface area (Å²) in [4.78, 5) is 27.4. The SMILES string of the molecule is Cc1ccc(CC(N)CC(=O)NC2C(O)[C@@H](n3cnc4c(N(C)C)ncnc43)O[C@@H]2CO)cc1. The minimum Gasteiger partial charge on any atom is -0.394 e. The van der Waals surface area contributed by atoms with Crippen molar-refractivity contribution in [2.45, 2.75) is 50.3 Å². The smallest absolute Gasteiger partial charge is 0.221 e. The maximum absolute atomic E-state index is 12.7. The van der Waals surface area contributed by atoms with Crippen molar-refractivity contribution < 1.29 is 19.7 Å². The molecule has 2 aromatic heterocycles. The third-order valence-electron chi connectivity index (χ3n) is 5.99. The van der Waals surface area contributed by atoms with Crippen molar-refractivity contribution in [3.8, 4) is 0 Å². The van der Waals surface area contributed by atoms with Crippen LogP contribution in [0, 0.1) is 6.92 Å². The first kappa shape index (κ1) is 24.0. The van der Waals surface area contributed by atoms with Crippen molar-refractivity contribution in [3.05, 3.63) is 48.0 Å². The maximum atomic E-state index is 12.7. The number of aliphatic hydroxyl groups is 2. The normalized spacial score (nSPS) is 23.2. The number of anilines is 1. The van der Waals surface area contributed by atoms with E-state index >= 15 is 0 Å². The Bertz CT molecular complexity index is 1130. The second kappa shape index (κ2) is 10.0. The van der Waals surface area contributed by atoms with Gasteiger partial charge in [-0.15, -0.1) is 0 Å². The van der Waals surface area contributed by atoms with Gasteiger partial charge >= 0.3 is 0 Å². The van der Waals surface area contributed by atoms with Crippen LogP contribution in [0.3, 0.4) is 0 Å². The lowest BCUT2D eigenvalue weighted by atomic mass is 10.0. The maximum Gasteiger partial charge on any atom is 0.221 e. The largest absolute Gasteiger partial charge is 0.394 e. The minimum atomic E-state index is -1.13. The van der Waals surface area contributed by atoms with Crippen LogP contribution in [0.15, 0.2) is 36.9 Å². The van der Waals surface area contributed by atoms with Gasteiger partial charge in [-0.05, 0) is 18.9 Å². The number of carbonyl (C=O) groups excluding carboxylic acids is 1. The van der Waals surface area contributed by atoms with Gasteiger partial charge in [0.2, 0.25) is 5.91 Å². The molecule has 0 bridgehead atoms. The highest BCUT2D eigenvalue weighted by molar-refractivity contribution is 5.83. The topological polar surface area (TPSA) is 152 Å². The Morgan fingerprint density at radius 1 is 1.26 bits per heavy atom. The number of carbonyl (C=O) groups is 1. The molecule has 1 amide bonds. The molecule has 0 radical (unpaired) electrons. The molecule has 34 heavy (non-hydrogen) atoms. The number of rotatable bonds is 8. The molecular weight excluding hydrogens is 438 g/mol. The van der Waals surface area contributed by atoms with Crippen LogP contribution < -0.4 is 16.0 Å². The zero-order valence-electron chi connectivity index (χ0n) is 19.5. The lowest BCUT2D eigenvalue weighted by molar-refractivity contribution is -0.123. The summed E-state index contributed by atoms with van der Waals surface area (Å²) in [7, 11) is 3.69. The van der Waals surface area contributed by atoms with Gasteiger partial charge in [0.05, 0.1) is 19.0 Å². The molecule has 1 aromatic carbocycles. The summed E-state index contributed by atoms with van der Waals surface area (Å²) >= 11 is 0. The Kier molecular flexibility index (Phi) is 7.08.